The maximum absolute atomic E-state index is 3.65. The molecule has 1 atom stereocenters. The fourth-order valence-corrected chi connectivity index (χ4v) is 3.05. The third-order valence-corrected chi connectivity index (χ3v) is 3.65. The van der Waals surface area contributed by atoms with E-state index in [4.69, 9.17) is 0 Å². The summed E-state index contributed by atoms with van der Waals surface area (Å²) in [5.74, 6) is 0. The summed E-state index contributed by atoms with van der Waals surface area (Å²) in [6, 6.07) is 9.12. The lowest BCUT2D eigenvalue weighted by Crippen LogP contribution is -2.21. The smallest absolute Gasteiger partial charge is 0.0125 e. The molecule has 0 saturated heterocycles. The molecule has 0 saturated carbocycles. The molecule has 0 aromatic heterocycles. The molecule has 0 nitrogen and oxygen atoms in total. The van der Waals surface area contributed by atoms with Crippen LogP contribution in [0, 0.1) is 0 Å². The number of hydrogen-bond donors (Lipinski definition) is 0. The molecule has 1 aromatic carbocycles. The number of hydrogen-bond acceptors (Lipinski definition) is 0. The highest BCUT2D eigenvalue weighted by atomic mass is 79.9. The summed E-state index contributed by atoms with van der Waals surface area (Å²) >= 11 is 3.65. The first kappa shape index (κ1) is 14.8. The Kier molecular flexibility index (Phi) is 4.46. The van der Waals surface area contributed by atoms with Gasteiger partial charge in [-0.3, -0.25) is 0 Å². The van der Waals surface area contributed by atoms with Gasteiger partial charge in [-0.05, 0) is 28.4 Å². The second-order valence-electron chi connectivity index (χ2n) is 6.70. The molecule has 0 aliphatic rings. The van der Waals surface area contributed by atoms with Crippen LogP contribution in [0.3, 0.4) is 0 Å². The highest BCUT2D eigenvalue weighted by molar-refractivity contribution is 9.09. The van der Waals surface area contributed by atoms with Crippen LogP contribution >= 0.6 is 15.9 Å². The molecular weight excluding hydrogens is 272 g/mol. The Balaban J connectivity index is 2.94. The zero-order chi connectivity index (χ0) is 13.3. The third-order valence-electron chi connectivity index (χ3n) is 3.32. The van der Waals surface area contributed by atoms with Crippen molar-refractivity contribution in [3.05, 3.63) is 35.4 Å². The van der Waals surface area contributed by atoms with E-state index in [1.165, 1.54) is 11.1 Å². The SMILES string of the molecule is CC(Br)CC(C)(C)c1ccc(C(C)(C)C)cc1. The molecule has 0 amide bonds. The van der Waals surface area contributed by atoms with E-state index in [0.29, 0.717) is 4.83 Å². The molecule has 0 aliphatic carbocycles. The van der Waals surface area contributed by atoms with Gasteiger partial charge in [0.25, 0.3) is 0 Å². The zero-order valence-electron chi connectivity index (χ0n) is 12.0. The molecule has 0 radical (unpaired) electrons. The average molecular weight is 297 g/mol. The van der Waals surface area contributed by atoms with E-state index in [-0.39, 0.29) is 10.8 Å². The van der Waals surface area contributed by atoms with Crippen LogP contribution in [0.2, 0.25) is 0 Å². The Hall–Kier alpha value is -0.300. The lowest BCUT2D eigenvalue weighted by molar-refractivity contribution is 0.481. The summed E-state index contributed by atoms with van der Waals surface area (Å²) in [7, 11) is 0. The van der Waals surface area contributed by atoms with Crippen LogP contribution in [-0.2, 0) is 10.8 Å². The number of halogens is 1. The number of benzene rings is 1. The molecule has 0 fully saturated rings. The van der Waals surface area contributed by atoms with Crippen molar-refractivity contribution >= 4 is 15.9 Å². The molecule has 96 valence electrons. The van der Waals surface area contributed by atoms with Gasteiger partial charge in [-0.25, -0.2) is 0 Å². The summed E-state index contributed by atoms with van der Waals surface area (Å²) in [6.07, 6.45) is 1.15. The Bertz CT molecular complexity index is 352. The maximum Gasteiger partial charge on any atom is 0.0125 e. The third kappa shape index (κ3) is 4.13. The minimum atomic E-state index is 0.235. The van der Waals surface area contributed by atoms with Crippen molar-refractivity contribution in [3.63, 3.8) is 0 Å². The van der Waals surface area contributed by atoms with Gasteiger partial charge in [0.1, 0.15) is 0 Å². The van der Waals surface area contributed by atoms with Gasteiger partial charge in [-0.1, -0.05) is 81.7 Å². The Morgan fingerprint density at radius 1 is 0.941 bits per heavy atom. The van der Waals surface area contributed by atoms with Crippen molar-refractivity contribution < 1.29 is 0 Å². The Morgan fingerprint density at radius 3 is 1.71 bits per heavy atom. The van der Waals surface area contributed by atoms with Gasteiger partial charge in [0.05, 0.1) is 0 Å². The molecule has 1 unspecified atom stereocenters. The van der Waals surface area contributed by atoms with E-state index in [2.05, 4.69) is 81.7 Å². The molecule has 1 rings (SSSR count). The molecular formula is C16H25Br. The molecule has 1 aromatic rings. The van der Waals surface area contributed by atoms with E-state index in [0.717, 1.165) is 6.42 Å². The minimum Gasteiger partial charge on any atom is -0.0893 e. The molecule has 0 spiro atoms. The van der Waals surface area contributed by atoms with Crippen molar-refractivity contribution in [2.45, 2.75) is 63.6 Å². The van der Waals surface area contributed by atoms with Crippen LogP contribution in [0.4, 0.5) is 0 Å². The molecule has 0 heterocycles. The fraction of sp³-hybridized carbons (Fsp3) is 0.625. The van der Waals surface area contributed by atoms with E-state index < -0.39 is 0 Å². The Labute approximate surface area is 115 Å². The second kappa shape index (κ2) is 5.14. The summed E-state index contributed by atoms with van der Waals surface area (Å²) in [4.78, 5) is 0.555. The summed E-state index contributed by atoms with van der Waals surface area (Å²) in [5.41, 5.74) is 3.31. The van der Waals surface area contributed by atoms with Crippen LogP contribution in [0.25, 0.3) is 0 Å². The zero-order valence-corrected chi connectivity index (χ0v) is 13.6. The summed E-state index contributed by atoms with van der Waals surface area (Å²) in [6.45, 7) is 13.6. The molecule has 0 aliphatic heterocycles. The van der Waals surface area contributed by atoms with Gasteiger partial charge in [-0.2, -0.15) is 0 Å². The standard InChI is InChI=1S/C16H25Br/c1-12(17)11-16(5,6)14-9-7-13(8-10-14)15(2,3)4/h7-10,12H,11H2,1-6H3. The first-order valence-electron chi connectivity index (χ1n) is 6.38. The monoisotopic (exact) mass is 296 g/mol. The Morgan fingerprint density at radius 2 is 1.35 bits per heavy atom. The van der Waals surface area contributed by atoms with E-state index in [1.54, 1.807) is 0 Å². The van der Waals surface area contributed by atoms with Gasteiger partial charge in [-0.15, -0.1) is 0 Å². The van der Waals surface area contributed by atoms with Crippen molar-refractivity contribution in [1.29, 1.82) is 0 Å². The van der Waals surface area contributed by atoms with Crippen LogP contribution in [0.15, 0.2) is 24.3 Å². The number of rotatable bonds is 3. The molecule has 1 heteroatoms. The summed E-state index contributed by atoms with van der Waals surface area (Å²) in [5, 5.41) is 0. The largest absolute Gasteiger partial charge is 0.0893 e. The van der Waals surface area contributed by atoms with Gasteiger partial charge >= 0.3 is 0 Å². The van der Waals surface area contributed by atoms with Gasteiger partial charge in [0, 0.05) is 4.83 Å². The quantitative estimate of drug-likeness (QED) is 0.652. The lowest BCUT2D eigenvalue weighted by Gasteiger charge is -2.28. The first-order valence-corrected chi connectivity index (χ1v) is 7.29. The van der Waals surface area contributed by atoms with Crippen LogP contribution < -0.4 is 0 Å². The van der Waals surface area contributed by atoms with Gasteiger partial charge in [0.15, 0.2) is 0 Å². The molecule has 0 bridgehead atoms. The lowest BCUT2D eigenvalue weighted by atomic mass is 9.79. The van der Waals surface area contributed by atoms with Crippen molar-refractivity contribution in [2.24, 2.45) is 0 Å². The first-order chi connectivity index (χ1) is 7.63. The highest BCUT2D eigenvalue weighted by Crippen LogP contribution is 2.32. The highest BCUT2D eigenvalue weighted by Gasteiger charge is 2.23. The van der Waals surface area contributed by atoms with Gasteiger partial charge < -0.3 is 0 Å². The van der Waals surface area contributed by atoms with Crippen molar-refractivity contribution in [3.8, 4) is 0 Å². The predicted molar refractivity (Wildman–Crippen MR) is 81.2 cm³/mol. The maximum atomic E-state index is 3.65. The van der Waals surface area contributed by atoms with E-state index in [9.17, 15) is 0 Å². The fourth-order valence-electron chi connectivity index (χ4n) is 2.24. The van der Waals surface area contributed by atoms with Crippen LogP contribution in [-0.4, -0.2) is 4.83 Å². The average Bonchev–Trinajstić information content (AvgIpc) is 2.14. The topological polar surface area (TPSA) is 0 Å². The number of alkyl halides is 1. The van der Waals surface area contributed by atoms with Crippen molar-refractivity contribution in [2.75, 3.05) is 0 Å². The van der Waals surface area contributed by atoms with E-state index in [1.807, 2.05) is 0 Å². The van der Waals surface area contributed by atoms with Crippen LogP contribution in [0.1, 0.15) is 59.1 Å². The van der Waals surface area contributed by atoms with Gasteiger partial charge in [0.2, 0.25) is 0 Å². The van der Waals surface area contributed by atoms with Crippen molar-refractivity contribution in [1.82, 2.24) is 0 Å². The van der Waals surface area contributed by atoms with Crippen LogP contribution in [0.5, 0.6) is 0 Å². The predicted octanol–water partition coefficient (Wildman–Crippen LogP) is 5.44. The molecule has 17 heavy (non-hydrogen) atoms. The summed E-state index contributed by atoms with van der Waals surface area (Å²) < 4.78 is 0. The molecule has 0 N–H and O–H groups in total. The minimum absolute atomic E-state index is 0.235. The van der Waals surface area contributed by atoms with E-state index >= 15 is 0 Å². The second-order valence-corrected chi connectivity index (χ2v) is 8.26. The normalized spacial score (nSPS) is 14.8.